The molecule has 1 aliphatic carbocycles. The standard InChI is InChI=1S/C12H19ClN4/c1-2-14-12-15-8-10(13)11(17-12)16-9-6-4-3-5-7-9/h8-9H,2-7H2,1H3,(H2,14,15,16,17). The Morgan fingerprint density at radius 1 is 1.35 bits per heavy atom. The van der Waals surface area contributed by atoms with Gasteiger partial charge in [-0.05, 0) is 19.8 Å². The Hall–Kier alpha value is -1.03. The van der Waals surface area contributed by atoms with E-state index in [4.69, 9.17) is 11.6 Å². The topological polar surface area (TPSA) is 49.8 Å². The van der Waals surface area contributed by atoms with Crippen molar-refractivity contribution in [2.45, 2.75) is 45.1 Å². The number of aromatic nitrogens is 2. The van der Waals surface area contributed by atoms with Crippen LogP contribution in [0.1, 0.15) is 39.0 Å². The van der Waals surface area contributed by atoms with Gasteiger partial charge < -0.3 is 10.6 Å². The van der Waals surface area contributed by atoms with Gasteiger partial charge in [0.2, 0.25) is 5.95 Å². The Morgan fingerprint density at radius 2 is 2.12 bits per heavy atom. The van der Waals surface area contributed by atoms with Crippen LogP contribution in [0.3, 0.4) is 0 Å². The number of nitrogens with one attached hydrogen (secondary N) is 2. The summed E-state index contributed by atoms with van der Waals surface area (Å²) in [4.78, 5) is 8.52. The van der Waals surface area contributed by atoms with Crippen LogP contribution in [0.15, 0.2) is 6.20 Å². The van der Waals surface area contributed by atoms with E-state index >= 15 is 0 Å². The molecular formula is C12H19ClN4. The van der Waals surface area contributed by atoms with E-state index in [1.807, 2.05) is 6.92 Å². The van der Waals surface area contributed by atoms with Gasteiger partial charge in [-0.1, -0.05) is 30.9 Å². The van der Waals surface area contributed by atoms with Gasteiger partial charge in [0.1, 0.15) is 5.02 Å². The summed E-state index contributed by atoms with van der Waals surface area (Å²) in [5, 5.41) is 7.11. The number of hydrogen-bond donors (Lipinski definition) is 2. The van der Waals surface area contributed by atoms with Crippen LogP contribution < -0.4 is 10.6 Å². The zero-order valence-electron chi connectivity index (χ0n) is 10.2. The number of halogens is 1. The van der Waals surface area contributed by atoms with E-state index in [9.17, 15) is 0 Å². The fourth-order valence-corrected chi connectivity index (χ4v) is 2.30. The van der Waals surface area contributed by atoms with Crippen molar-refractivity contribution in [2.24, 2.45) is 0 Å². The van der Waals surface area contributed by atoms with Crippen LogP contribution in [0.5, 0.6) is 0 Å². The van der Waals surface area contributed by atoms with E-state index in [-0.39, 0.29) is 0 Å². The lowest BCUT2D eigenvalue weighted by molar-refractivity contribution is 0.462. The second-order valence-corrected chi connectivity index (χ2v) is 4.81. The maximum Gasteiger partial charge on any atom is 0.224 e. The number of nitrogens with zero attached hydrogens (tertiary/aromatic N) is 2. The molecule has 2 rings (SSSR count). The molecular weight excluding hydrogens is 236 g/mol. The lowest BCUT2D eigenvalue weighted by Crippen LogP contribution is -2.23. The van der Waals surface area contributed by atoms with E-state index in [0.29, 0.717) is 17.0 Å². The Kier molecular flexibility index (Phi) is 4.42. The predicted octanol–water partition coefficient (Wildman–Crippen LogP) is 3.31. The SMILES string of the molecule is CCNc1ncc(Cl)c(NC2CCCCC2)n1. The molecule has 17 heavy (non-hydrogen) atoms. The summed E-state index contributed by atoms with van der Waals surface area (Å²) in [7, 11) is 0. The lowest BCUT2D eigenvalue weighted by atomic mass is 9.95. The van der Waals surface area contributed by atoms with Gasteiger partial charge in [-0.2, -0.15) is 4.98 Å². The van der Waals surface area contributed by atoms with Crippen LogP contribution in [-0.2, 0) is 0 Å². The lowest BCUT2D eigenvalue weighted by Gasteiger charge is -2.23. The normalized spacial score (nSPS) is 16.8. The predicted molar refractivity (Wildman–Crippen MR) is 71.7 cm³/mol. The first-order chi connectivity index (χ1) is 8.29. The maximum absolute atomic E-state index is 6.10. The fraction of sp³-hybridized carbons (Fsp3) is 0.667. The van der Waals surface area contributed by atoms with Crippen LogP contribution >= 0.6 is 11.6 Å². The second-order valence-electron chi connectivity index (χ2n) is 4.40. The first-order valence-corrected chi connectivity index (χ1v) is 6.70. The third kappa shape index (κ3) is 3.46. The molecule has 94 valence electrons. The van der Waals surface area contributed by atoms with Crippen molar-refractivity contribution >= 4 is 23.4 Å². The van der Waals surface area contributed by atoms with Crippen LogP contribution in [0, 0.1) is 0 Å². The highest BCUT2D eigenvalue weighted by molar-refractivity contribution is 6.32. The maximum atomic E-state index is 6.10. The highest BCUT2D eigenvalue weighted by atomic mass is 35.5. The molecule has 5 heteroatoms. The number of hydrogen-bond acceptors (Lipinski definition) is 4. The van der Waals surface area contributed by atoms with Crippen LogP contribution in [0.25, 0.3) is 0 Å². The zero-order chi connectivity index (χ0) is 12.1. The second kappa shape index (κ2) is 6.05. The molecule has 0 saturated heterocycles. The minimum absolute atomic E-state index is 0.505. The summed E-state index contributed by atoms with van der Waals surface area (Å²) >= 11 is 6.10. The van der Waals surface area contributed by atoms with Gasteiger partial charge in [0, 0.05) is 12.6 Å². The van der Waals surface area contributed by atoms with Crippen molar-refractivity contribution in [2.75, 3.05) is 17.2 Å². The minimum atomic E-state index is 0.505. The summed E-state index contributed by atoms with van der Waals surface area (Å²) in [6.07, 6.45) is 7.99. The van der Waals surface area contributed by atoms with E-state index in [2.05, 4.69) is 20.6 Å². The monoisotopic (exact) mass is 254 g/mol. The Labute approximate surface area is 107 Å². The highest BCUT2D eigenvalue weighted by Gasteiger charge is 2.15. The average molecular weight is 255 g/mol. The van der Waals surface area contributed by atoms with Crippen molar-refractivity contribution in [3.05, 3.63) is 11.2 Å². The van der Waals surface area contributed by atoms with Gasteiger partial charge in [-0.15, -0.1) is 0 Å². The smallest absolute Gasteiger partial charge is 0.224 e. The van der Waals surface area contributed by atoms with Crippen molar-refractivity contribution in [1.82, 2.24) is 9.97 Å². The van der Waals surface area contributed by atoms with Gasteiger partial charge in [0.25, 0.3) is 0 Å². The summed E-state index contributed by atoms with van der Waals surface area (Å²) in [5.41, 5.74) is 0. The molecule has 1 fully saturated rings. The van der Waals surface area contributed by atoms with Gasteiger partial charge in [-0.25, -0.2) is 4.98 Å². The minimum Gasteiger partial charge on any atom is -0.366 e. The Morgan fingerprint density at radius 3 is 2.82 bits per heavy atom. The number of rotatable bonds is 4. The summed E-state index contributed by atoms with van der Waals surface area (Å²) in [6, 6.07) is 0.505. The van der Waals surface area contributed by atoms with Gasteiger partial charge >= 0.3 is 0 Å². The summed E-state index contributed by atoms with van der Waals surface area (Å²) in [5.74, 6) is 1.39. The third-order valence-corrected chi connectivity index (χ3v) is 3.30. The van der Waals surface area contributed by atoms with Gasteiger partial charge in [0.15, 0.2) is 5.82 Å². The molecule has 0 radical (unpaired) electrons. The van der Waals surface area contributed by atoms with Crippen molar-refractivity contribution in [3.63, 3.8) is 0 Å². The third-order valence-electron chi connectivity index (χ3n) is 3.03. The molecule has 0 spiro atoms. The van der Waals surface area contributed by atoms with Crippen LogP contribution in [-0.4, -0.2) is 22.6 Å². The van der Waals surface area contributed by atoms with E-state index in [0.717, 1.165) is 12.4 Å². The molecule has 0 amide bonds. The highest BCUT2D eigenvalue weighted by Crippen LogP contribution is 2.25. The molecule has 0 bridgehead atoms. The number of anilines is 2. The molecule has 1 heterocycles. The van der Waals surface area contributed by atoms with Crippen molar-refractivity contribution in [3.8, 4) is 0 Å². The average Bonchev–Trinajstić information content (AvgIpc) is 2.35. The van der Waals surface area contributed by atoms with E-state index in [1.165, 1.54) is 32.1 Å². The molecule has 2 N–H and O–H groups in total. The first kappa shape index (κ1) is 12.4. The summed E-state index contributed by atoms with van der Waals surface area (Å²) < 4.78 is 0. The molecule has 1 aromatic heterocycles. The quantitative estimate of drug-likeness (QED) is 0.866. The zero-order valence-corrected chi connectivity index (χ0v) is 10.9. The Balaban J connectivity index is 2.04. The molecule has 4 nitrogen and oxygen atoms in total. The molecule has 0 atom stereocenters. The molecule has 1 aliphatic rings. The fourth-order valence-electron chi connectivity index (χ4n) is 2.15. The van der Waals surface area contributed by atoms with Crippen LogP contribution in [0.2, 0.25) is 5.02 Å². The van der Waals surface area contributed by atoms with Crippen molar-refractivity contribution in [1.29, 1.82) is 0 Å². The van der Waals surface area contributed by atoms with Gasteiger partial charge in [0.05, 0.1) is 6.20 Å². The van der Waals surface area contributed by atoms with E-state index in [1.54, 1.807) is 6.20 Å². The largest absolute Gasteiger partial charge is 0.366 e. The molecule has 1 saturated carbocycles. The molecule has 0 unspecified atom stereocenters. The van der Waals surface area contributed by atoms with Crippen LogP contribution in [0.4, 0.5) is 11.8 Å². The van der Waals surface area contributed by atoms with Gasteiger partial charge in [-0.3, -0.25) is 0 Å². The molecule has 1 aromatic rings. The molecule has 0 aromatic carbocycles. The van der Waals surface area contributed by atoms with E-state index < -0.39 is 0 Å². The Bertz CT molecular complexity index is 364. The first-order valence-electron chi connectivity index (χ1n) is 6.32. The molecule has 0 aliphatic heterocycles. The van der Waals surface area contributed by atoms with Crippen molar-refractivity contribution < 1.29 is 0 Å². The summed E-state index contributed by atoms with van der Waals surface area (Å²) in [6.45, 7) is 2.83.